The van der Waals surface area contributed by atoms with Crippen LogP contribution in [-0.4, -0.2) is 20.9 Å². The highest BCUT2D eigenvalue weighted by Gasteiger charge is 2.30. The molecular weight excluding hydrogens is 492 g/mol. The summed E-state index contributed by atoms with van der Waals surface area (Å²) in [5.41, 5.74) is 4.01. The summed E-state index contributed by atoms with van der Waals surface area (Å²) in [5, 5.41) is 3.29. The SMILES string of the molecule is Cc1ccc(S(=O)(=O)N(CC(=O)N[C@@H](c2ccccc2)c2ccccc2C)c2ccccc2Cl)cc1. The highest BCUT2D eigenvalue weighted by Crippen LogP contribution is 2.31. The van der Waals surface area contributed by atoms with Gasteiger partial charge >= 0.3 is 0 Å². The number of hydrogen-bond donors (Lipinski definition) is 1. The summed E-state index contributed by atoms with van der Waals surface area (Å²) in [6.45, 7) is 3.43. The third-order valence-corrected chi connectivity index (χ3v) is 8.05. The summed E-state index contributed by atoms with van der Waals surface area (Å²) in [4.78, 5) is 13.6. The molecule has 1 atom stereocenters. The Kier molecular flexibility index (Phi) is 7.77. The molecule has 0 aromatic heterocycles. The van der Waals surface area contributed by atoms with Crippen molar-refractivity contribution < 1.29 is 13.2 Å². The Labute approximate surface area is 217 Å². The van der Waals surface area contributed by atoms with Crippen molar-refractivity contribution >= 4 is 33.2 Å². The normalized spacial score (nSPS) is 12.1. The number of nitrogens with one attached hydrogen (secondary N) is 1. The quantitative estimate of drug-likeness (QED) is 0.308. The lowest BCUT2D eigenvalue weighted by molar-refractivity contribution is -0.120. The predicted octanol–water partition coefficient (Wildman–Crippen LogP) is 6.06. The second kappa shape index (κ2) is 11.0. The van der Waals surface area contributed by atoms with Gasteiger partial charge in [-0.3, -0.25) is 9.10 Å². The van der Waals surface area contributed by atoms with E-state index in [9.17, 15) is 13.2 Å². The minimum absolute atomic E-state index is 0.0827. The van der Waals surface area contributed by atoms with Gasteiger partial charge in [-0.1, -0.05) is 96.0 Å². The molecule has 0 saturated heterocycles. The van der Waals surface area contributed by atoms with Crippen LogP contribution in [0.15, 0.2) is 108 Å². The van der Waals surface area contributed by atoms with Crippen molar-refractivity contribution in [3.63, 3.8) is 0 Å². The molecule has 1 N–H and O–H groups in total. The molecule has 0 aliphatic rings. The van der Waals surface area contributed by atoms with Crippen LogP contribution in [0.1, 0.15) is 28.3 Å². The monoisotopic (exact) mass is 518 g/mol. The van der Waals surface area contributed by atoms with Gasteiger partial charge in [-0.05, 0) is 54.8 Å². The summed E-state index contributed by atoms with van der Waals surface area (Å²) in [5.74, 6) is -0.456. The van der Waals surface area contributed by atoms with Gasteiger partial charge in [0.15, 0.2) is 0 Å². The van der Waals surface area contributed by atoms with E-state index in [0.29, 0.717) is 0 Å². The molecule has 4 rings (SSSR count). The number of aryl methyl sites for hydroxylation is 2. The van der Waals surface area contributed by atoms with E-state index in [4.69, 9.17) is 11.6 Å². The van der Waals surface area contributed by atoms with Gasteiger partial charge in [0.05, 0.1) is 21.6 Å². The molecule has 4 aromatic rings. The summed E-state index contributed by atoms with van der Waals surface area (Å²) in [6, 6.07) is 30.1. The lowest BCUT2D eigenvalue weighted by Crippen LogP contribution is -2.42. The van der Waals surface area contributed by atoms with Crippen molar-refractivity contribution in [2.45, 2.75) is 24.8 Å². The highest BCUT2D eigenvalue weighted by molar-refractivity contribution is 7.92. The molecule has 0 bridgehead atoms. The average molecular weight is 519 g/mol. The number of para-hydroxylation sites is 1. The van der Waals surface area contributed by atoms with E-state index < -0.39 is 28.5 Å². The fraction of sp³-hybridized carbons (Fsp3) is 0.138. The molecule has 0 saturated carbocycles. The molecule has 7 heteroatoms. The number of rotatable bonds is 8. The first kappa shape index (κ1) is 25.5. The smallest absolute Gasteiger partial charge is 0.264 e. The third-order valence-electron chi connectivity index (χ3n) is 5.96. The van der Waals surface area contributed by atoms with Crippen LogP contribution in [0.3, 0.4) is 0 Å². The van der Waals surface area contributed by atoms with Crippen molar-refractivity contribution in [1.29, 1.82) is 0 Å². The molecule has 0 aliphatic heterocycles. The van der Waals surface area contributed by atoms with E-state index in [-0.39, 0.29) is 15.6 Å². The maximum absolute atomic E-state index is 13.7. The molecule has 0 heterocycles. The van der Waals surface area contributed by atoms with Gasteiger partial charge in [0.25, 0.3) is 10.0 Å². The molecule has 36 heavy (non-hydrogen) atoms. The zero-order valence-corrected chi connectivity index (χ0v) is 21.6. The fourth-order valence-corrected chi connectivity index (χ4v) is 5.75. The Morgan fingerprint density at radius 2 is 1.44 bits per heavy atom. The van der Waals surface area contributed by atoms with Crippen LogP contribution in [0.5, 0.6) is 0 Å². The average Bonchev–Trinajstić information content (AvgIpc) is 2.88. The molecule has 0 unspecified atom stereocenters. The second-order valence-corrected chi connectivity index (χ2v) is 10.8. The van der Waals surface area contributed by atoms with Crippen LogP contribution in [0, 0.1) is 13.8 Å². The maximum atomic E-state index is 13.7. The maximum Gasteiger partial charge on any atom is 0.264 e. The number of halogens is 1. The minimum atomic E-state index is -4.07. The largest absolute Gasteiger partial charge is 0.344 e. The highest BCUT2D eigenvalue weighted by atomic mass is 35.5. The molecule has 0 radical (unpaired) electrons. The predicted molar refractivity (Wildman–Crippen MR) is 145 cm³/mol. The molecule has 4 aromatic carbocycles. The molecule has 5 nitrogen and oxygen atoms in total. The Morgan fingerprint density at radius 3 is 2.11 bits per heavy atom. The van der Waals surface area contributed by atoms with E-state index in [0.717, 1.165) is 26.6 Å². The zero-order valence-electron chi connectivity index (χ0n) is 20.1. The molecular formula is C29H27ClN2O3S. The first-order chi connectivity index (χ1) is 17.3. The molecule has 184 valence electrons. The van der Waals surface area contributed by atoms with E-state index in [1.807, 2.05) is 68.4 Å². The Balaban J connectivity index is 1.71. The van der Waals surface area contributed by atoms with Crippen molar-refractivity contribution in [2.24, 2.45) is 0 Å². The van der Waals surface area contributed by atoms with E-state index in [2.05, 4.69) is 5.32 Å². The van der Waals surface area contributed by atoms with Gasteiger partial charge < -0.3 is 5.32 Å². The Hall–Kier alpha value is -3.61. The van der Waals surface area contributed by atoms with Crippen LogP contribution < -0.4 is 9.62 Å². The molecule has 0 aliphatic carbocycles. The van der Waals surface area contributed by atoms with E-state index in [1.165, 1.54) is 12.1 Å². The van der Waals surface area contributed by atoms with Crippen LogP contribution in [0.25, 0.3) is 0 Å². The van der Waals surface area contributed by atoms with Crippen LogP contribution >= 0.6 is 11.6 Å². The van der Waals surface area contributed by atoms with Gasteiger partial charge in [-0.2, -0.15) is 0 Å². The van der Waals surface area contributed by atoms with E-state index >= 15 is 0 Å². The van der Waals surface area contributed by atoms with Crippen molar-refractivity contribution in [2.75, 3.05) is 10.8 Å². The summed E-state index contributed by atoms with van der Waals surface area (Å²) >= 11 is 6.40. The number of carbonyl (C=O) groups is 1. The number of carbonyl (C=O) groups excluding carboxylic acids is 1. The van der Waals surface area contributed by atoms with Gasteiger partial charge in [0.1, 0.15) is 6.54 Å². The topological polar surface area (TPSA) is 66.5 Å². The number of nitrogens with zero attached hydrogens (tertiary/aromatic N) is 1. The lowest BCUT2D eigenvalue weighted by atomic mass is 9.95. The van der Waals surface area contributed by atoms with E-state index in [1.54, 1.807) is 36.4 Å². The number of sulfonamides is 1. The molecule has 1 amide bonds. The summed E-state index contributed by atoms with van der Waals surface area (Å²) in [6.07, 6.45) is 0. The second-order valence-electron chi connectivity index (χ2n) is 8.54. The van der Waals surface area contributed by atoms with Gasteiger partial charge in [-0.25, -0.2) is 8.42 Å². The number of hydrogen-bond acceptors (Lipinski definition) is 3. The Morgan fingerprint density at radius 1 is 0.833 bits per heavy atom. The summed E-state index contributed by atoms with van der Waals surface area (Å²) < 4.78 is 28.5. The minimum Gasteiger partial charge on any atom is -0.344 e. The third kappa shape index (κ3) is 5.61. The first-order valence-corrected chi connectivity index (χ1v) is 13.3. The lowest BCUT2D eigenvalue weighted by Gasteiger charge is -2.27. The molecule has 0 fully saturated rings. The zero-order chi connectivity index (χ0) is 25.7. The molecule has 0 spiro atoms. The van der Waals surface area contributed by atoms with Gasteiger partial charge in [0, 0.05) is 0 Å². The number of benzene rings is 4. The Bertz CT molecular complexity index is 1460. The fourth-order valence-electron chi connectivity index (χ4n) is 4.02. The van der Waals surface area contributed by atoms with Gasteiger partial charge in [-0.15, -0.1) is 0 Å². The van der Waals surface area contributed by atoms with Crippen LogP contribution in [-0.2, 0) is 14.8 Å². The van der Waals surface area contributed by atoms with Crippen LogP contribution in [0.4, 0.5) is 5.69 Å². The standard InChI is InChI=1S/C29H27ClN2O3S/c1-21-16-18-24(19-17-21)36(34,35)32(27-15-9-8-14-26(27)30)20-28(33)31-29(23-11-4-3-5-12-23)25-13-7-6-10-22(25)2/h3-19,29H,20H2,1-2H3,(H,31,33)/t29-/m0/s1. The van der Waals surface area contributed by atoms with Crippen molar-refractivity contribution in [3.05, 3.63) is 130 Å². The number of amides is 1. The first-order valence-electron chi connectivity index (χ1n) is 11.5. The van der Waals surface area contributed by atoms with Crippen LogP contribution in [0.2, 0.25) is 5.02 Å². The van der Waals surface area contributed by atoms with Gasteiger partial charge in [0.2, 0.25) is 5.91 Å². The number of anilines is 1. The van der Waals surface area contributed by atoms with Crippen molar-refractivity contribution in [3.8, 4) is 0 Å². The summed E-state index contributed by atoms with van der Waals surface area (Å²) in [7, 11) is -4.07. The van der Waals surface area contributed by atoms with Crippen molar-refractivity contribution in [1.82, 2.24) is 5.32 Å².